The maximum atomic E-state index is 9.66. The molecule has 0 bridgehead atoms. The van der Waals surface area contributed by atoms with E-state index in [2.05, 4.69) is 0 Å². The second-order valence-electron chi connectivity index (χ2n) is 7.39. The second-order valence-corrected chi connectivity index (χ2v) is 7.39. The molecule has 3 N–H and O–H groups in total. The van der Waals surface area contributed by atoms with Gasteiger partial charge in [-0.25, -0.2) is 0 Å². The number of methoxy groups -OCH3 is 1. The molecular formula is C31H42O4. The van der Waals surface area contributed by atoms with Crippen LogP contribution >= 0.6 is 0 Å². The van der Waals surface area contributed by atoms with Crippen LogP contribution in [0.5, 0.6) is 23.0 Å². The summed E-state index contributed by atoms with van der Waals surface area (Å²) in [6.07, 6.45) is 0. The summed E-state index contributed by atoms with van der Waals surface area (Å²) in [5, 5.41) is 29.9. The summed E-state index contributed by atoms with van der Waals surface area (Å²) in [5.41, 5.74) is 3.91. The lowest BCUT2D eigenvalue weighted by Gasteiger charge is -2.02. The Bertz CT molecular complexity index is 1150. The van der Waals surface area contributed by atoms with Crippen LogP contribution in [0.15, 0.2) is 72.8 Å². The smallest absolute Gasteiger partial charge is 0.126 e. The first-order valence-corrected chi connectivity index (χ1v) is 12.0. The van der Waals surface area contributed by atoms with Gasteiger partial charge in [0.2, 0.25) is 0 Å². The molecule has 35 heavy (non-hydrogen) atoms. The molecule has 4 nitrogen and oxygen atoms in total. The van der Waals surface area contributed by atoms with Crippen LogP contribution in [-0.4, -0.2) is 22.4 Å². The number of hydrogen-bond acceptors (Lipinski definition) is 4. The highest BCUT2D eigenvalue weighted by Gasteiger charge is 2.00. The normalized spacial score (nSPS) is 9.06. The minimum Gasteiger partial charge on any atom is -0.508 e. The lowest BCUT2D eigenvalue weighted by molar-refractivity contribution is 0.407. The number of ether oxygens (including phenoxy) is 1. The van der Waals surface area contributed by atoms with Gasteiger partial charge >= 0.3 is 0 Å². The Hall–Kier alpha value is -3.66. The predicted molar refractivity (Wildman–Crippen MR) is 150 cm³/mol. The van der Waals surface area contributed by atoms with Crippen molar-refractivity contribution in [3.63, 3.8) is 0 Å². The fourth-order valence-corrected chi connectivity index (χ4v) is 2.89. The Balaban J connectivity index is 0.000000466. The standard InChI is InChI=1S/C11H10O.C8H10O2.C8H10O.2C2H6/c1-8-6-7-9-4-2-3-5-10(9)11(8)12;1-6-3-4-7(10-2)5-8(6)9;1-6-3-4-8(9)7(2)5-6;2*1-2/h2-7,12H,1H3;3-5,9H,1-2H3;3-5,9H,1-2H3;2*1-2H3. The summed E-state index contributed by atoms with van der Waals surface area (Å²) in [7, 11) is 1.57. The number of aryl methyl sites for hydroxylation is 4. The molecule has 4 aromatic carbocycles. The third kappa shape index (κ3) is 10.4. The van der Waals surface area contributed by atoms with Gasteiger partial charge in [-0.15, -0.1) is 0 Å². The van der Waals surface area contributed by atoms with Crippen molar-refractivity contribution in [2.75, 3.05) is 7.11 Å². The summed E-state index contributed by atoms with van der Waals surface area (Å²) in [6.45, 7) is 15.6. The number of hydrogen-bond donors (Lipinski definition) is 3. The van der Waals surface area contributed by atoms with Gasteiger partial charge in [0.05, 0.1) is 7.11 Å². The van der Waals surface area contributed by atoms with Crippen molar-refractivity contribution in [3.05, 3.63) is 95.1 Å². The zero-order chi connectivity index (χ0) is 27.0. The molecule has 0 aliphatic rings. The summed E-state index contributed by atoms with van der Waals surface area (Å²) in [4.78, 5) is 0. The topological polar surface area (TPSA) is 69.9 Å². The van der Waals surface area contributed by atoms with Crippen molar-refractivity contribution in [2.45, 2.75) is 55.4 Å². The van der Waals surface area contributed by atoms with Crippen molar-refractivity contribution in [3.8, 4) is 23.0 Å². The van der Waals surface area contributed by atoms with Gasteiger partial charge in [0, 0.05) is 11.5 Å². The molecular weight excluding hydrogens is 436 g/mol. The Morgan fingerprint density at radius 2 is 1.17 bits per heavy atom. The average Bonchev–Trinajstić information content (AvgIpc) is 2.89. The van der Waals surface area contributed by atoms with Crippen LogP contribution in [0.25, 0.3) is 10.8 Å². The van der Waals surface area contributed by atoms with Crippen LogP contribution in [0.1, 0.15) is 49.9 Å². The zero-order valence-electron chi connectivity index (χ0n) is 22.7. The fourth-order valence-electron chi connectivity index (χ4n) is 2.89. The molecule has 0 saturated heterocycles. The Morgan fingerprint density at radius 3 is 1.71 bits per heavy atom. The van der Waals surface area contributed by atoms with Gasteiger partial charge in [-0.2, -0.15) is 0 Å². The van der Waals surface area contributed by atoms with E-state index < -0.39 is 0 Å². The maximum absolute atomic E-state index is 9.66. The van der Waals surface area contributed by atoms with Gasteiger partial charge < -0.3 is 20.1 Å². The molecule has 0 atom stereocenters. The molecule has 0 aliphatic carbocycles. The van der Waals surface area contributed by atoms with Crippen LogP contribution in [0.4, 0.5) is 0 Å². The molecule has 0 aliphatic heterocycles. The highest BCUT2D eigenvalue weighted by atomic mass is 16.5. The highest BCUT2D eigenvalue weighted by molar-refractivity contribution is 5.89. The van der Waals surface area contributed by atoms with Crippen molar-refractivity contribution in [2.24, 2.45) is 0 Å². The van der Waals surface area contributed by atoms with E-state index in [4.69, 9.17) is 14.9 Å². The summed E-state index contributed by atoms with van der Waals surface area (Å²) in [6, 6.07) is 22.5. The van der Waals surface area contributed by atoms with Crippen LogP contribution in [0, 0.1) is 27.7 Å². The van der Waals surface area contributed by atoms with Gasteiger partial charge in [-0.3, -0.25) is 0 Å². The molecule has 0 heterocycles. The predicted octanol–water partition coefficient (Wildman–Crippen LogP) is 8.62. The summed E-state index contributed by atoms with van der Waals surface area (Å²) in [5.74, 6) is 1.73. The van der Waals surface area contributed by atoms with Gasteiger partial charge in [0.15, 0.2) is 0 Å². The van der Waals surface area contributed by atoms with Crippen LogP contribution < -0.4 is 4.74 Å². The Kier molecular flexibility index (Phi) is 15.1. The van der Waals surface area contributed by atoms with Crippen molar-refractivity contribution in [1.82, 2.24) is 0 Å². The molecule has 0 amide bonds. The Morgan fingerprint density at radius 1 is 0.571 bits per heavy atom. The first kappa shape index (κ1) is 31.3. The van der Waals surface area contributed by atoms with E-state index in [1.165, 1.54) is 5.56 Å². The number of aromatic hydroxyl groups is 3. The van der Waals surface area contributed by atoms with Crippen LogP contribution in [-0.2, 0) is 0 Å². The number of phenols is 3. The zero-order valence-corrected chi connectivity index (χ0v) is 22.7. The molecule has 4 aromatic rings. The van der Waals surface area contributed by atoms with Gasteiger partial charge in [-0.05, 0) is 61.9 Å². The largest absolute Gasteiger partial charge is 0.508 e. The molecule has 0 radical (unpaired) electrons. The lowest BCUT2D eigenvalue weighted by atomic mass is 10.1. The first-order chi connectivity index (χ1) is 16.7. The highest BCUT2D eigenvalue weighted by Crippen LogP contribution is 2.27. The van der Waals surface area contributed by atoms with E-state index in [9.17, 15) is 5.11 Å². The molecule has 0 aromatic heterocycles. The second kappa shape index (κ2) is 16.9. The number of phenolic OH excluding ortho intramolecular Hbond substituents is 3. The fraction of sp³-hybridized carbons (Fsp3) is 0.290. The third-order valence-corrected chi connectivity index (χ3v) is 4.87. The molecule has 0 unspecified atom stereocenters. The molecule has 4 heteroatoms. The average molecular weight is 479 g/mol. The van der Waals surface area contributed by atoms with E-state index in [0.29, 0.717) is 17.2 Å². The lowest BCUT2D eigenvalue weighted by Crippen LogP contribution is -1.82. The SMILES string of the molecule is CC.CC.COc1ccc(C)c(O)c1.Cc1ccc(O)c(C)c1.Cc1ccc2ccccc2c1O. The minimum atomic E-state index is 0.277. The van der Waals surface area contributed by atoms with E-state index in [1.807, 2.05) is 116 Å². The summed E-state index contributed by atoms with van der Waals surface area (Å²) >= 11 is 0. The van der Waals surface area contributed by atoms with Crippen molar-refractivity contribution < 1.29 is 20.1 Å². The number of rotatable bonds is 1. The molecule has 0 saturated carbocycles. The third-order valence-electron chi connectivity index (χ3n) is 4.87. The van der Waals surface area contributed by atoms with Gasteiger partial charge in [0.25, 0.3) is 0 Å². The van der Waals surface area contributed by atoms with E-state index in [0.717, 1.165) is 27.5 Å². The monoisotopic (exact) mass is 478 g/mol. The van der Waals surface area contributed by atoms with Gasteiger partial charge in [0.1, 0.15) is 23.0 Å². The molecule has 4 rings (SSSR count). The minimum absolute atomic E-state index is 0.277. The quantitative estimate of drug-likeness (QED) is 0.256. The van der Waals surface area contributed by atoms with E-state index >= 15 is 0 Å². The molecule has 190 valence electrons. The van der Waals surface area contributed by atoms with E-state index in [-0.39, 0.29) is 5.75 Å². The molecule has 0 fully saturated rings. The van der Waals surface area contributed by atoms with Crippen LogP contribution in [0.3, 0.4) is 0 Å². The van der Waals surface area contributed by atoms with Gasteiger partial charge in [-0.1, -0.05) is 87.9 Å². The van der Waals surface area contributed by atoms with Crippen LogP contribution in [0.2, 0.25) is 0 Å². The number of fused-ring (bicyclic) bond motifs is 1. The Labute approximate surface area is 211 Å². The van der Waals surface area contributed by atoms with E-state index in [1.54, 1.807) is 19.2 Å². The molecule has 0 spiro atoms. The first-order valence-electron chi connectivity index (χ1n) is 12.0. The number of benzene rings is 4. The maximum Gasteiger partial charge on any atom is 0.126 e. The van der Waals surface area contributed by atoms with Crippen molar-refractivity contribution >= 4 is 10.8 Å². The summed E-state index contributed by atoms with van der Waals surface area (Å²) < 4.78 is 4.89. The van der Waals surface area contributed by atoms with Crippen molar-refractivity contribution in [1.29, 1.82) is 0 Å².